The Hall–Kier alpha value is -1.39. The van der Waals surface area contributed by atoms with Gasteiger partial charge in [0, 0.05) is 16.5 Å². The minimum absolute atomic E-state index is 0.0271. The van der Waals surface area contributed by atoms with E-state index in [4.69, 9.17) is 21.8 Å². The normalized spacial score (nSPS) is 31.7. The van der Waals surface area contributed by atoms with Crippen molar-refractivity contribution >= 4 is 11.6 Å². The van der Waals surface area contributed by atoms with E-state index in [0.29, 0.717) is 11.5 Å². The van der Waals surface area contributed by atoms with Crippen molar-refractivity contribution in [1.29, 1.82) is 0 Å². The molecule has 0 amide bonds. The molecule has 3 nitrogen and oxygen atoms in total. The summed E-state index contributed by atoms with van der Waals surface area (Å²) in [5.41, 5.74) is 6.75. The SMILES string of the molecule is NC12CC(c3cnc(-c4ccc(Cl)c(F)c4)o3)(C1)C2. The van der Waals surface area contributed by atoms with E-state index in [1.165, 1.54) is 12.1 Å². The highest BCUT2D eigenvalue weighted by molar-refractivity contribution is 6.30. The zero-order chi connectivity index (χ0) is 13.3. The molecule has 19 heavy (non-hydrogen) atoms. The third-order valence-corrected chi connectivity index (χ3v) is 4.57. The molecule has 0 atom stereocenters. The molecular formula is C14H12ClFN2O. The Morgan fingerprint density at radius 3 is 2.68 bits per heavy atom. The first-order valence-electron chi connectivity index (χ1n) is 6.20. The topological polar surface area (TPSA) is 52.0 Å². The second-order valence-corrected chi connectivity index (χ2v) is 6.24. The van der Waals surface area contributed by atoms with E-state index in [2.05, 4.69) is 4.98 Å². The van der Waals surface area contributed by atoms with Gasteiger partial charge in [-0.3, -0.25) is 0 Å². The summed E-state index contributed by atoms with van der Waals surface area (Å²) in [5.74, 6) is 0.830. The number of nitrogens with two attached hydrogens (primary N) is 1. The van der Waals surface area contributed by atoms with Crippen molar-refractivity contribution in [2.75, 3.05) is 0 Å². The van der Waals surface area contributed by atoms with Crippen LogP contribution < -0.4 is 5.73 Å². The van der Waals surface area contributed by atoms with Gasteiger partial charge in [0.15, 0.2) is 0 Å². The van der Waals surface area contributed by atoms with Gasteiger partial charge in [-0.25, -0.2) is 9.37 Å². The fourth-order valence-corrected chi connectivity index (χ4v) is 3.53. The summed E-state index contributed by atoms with van der Waals surface area (Å²) >= 11 is 5.66. The number of rotatable bonds is 2. The first-order chi connectivity index (χ1) is 9.00. The van der Waals surface area contributed by atoms with Gasteiger partial charge in [-0.15, -0.1) is 0 Å². The number of nitrogens with zero attached hydrogens (tertiary/aromatic N) is 1. The molecule has 1 heterocycles. The highest BCUT2D eigenvalue weighted by atomic mass is 35.5. The number of hydrogen-bond donors (Lipinski definition) is 1. The van der Waals surface area contributed by atoms with E-state index in [0.717, 1.165) is 25.0 Å². The van der Waals surface area contributed by atoms with Crippen molar-refractivity contribution in [3.8, 4) is 11.5 Å². The molecule has 1 aromatic carbocycles. The van der Waals surface area contributed by atoms with Crippen LogP contribution in [0.15, 0.2) is 28.8 Å². The summed E-state index contributed by atoms with van der Waals surface area (Å²) in [6.45, 7) is 0. The van der Waals surface area contributed by atoms with E-state index in [9.17, 15) is 4.39 Å². The molecule has 0 spiro atoms. The molecule has 0 saturated heterocycles. The Balaban J connectivity index is 1.66. The predicted molar refractivity (Wildman–Crippen MR) is 69.4 cm³/mol. The van der Waals surface area contributed by atoms with Gasteiger partial charge in [-0.2, -0.15) is 0 Å². The molecule has 5 heteroatoms. The third kappa shape index (κ3) is 1.50. The standard InChI is InChI=1S/C14H12ClFN2O/c15-9-2-1-8(3-10(9)16)12-18-4-11(19-12)13-5-14(17,6-13)7-13/h1-4H,5-7,17H2. The minimum Gasteiger partial charge on any atom is -0.441 e. The van der Waals surface area contributed by atoms with E-state index in [-0.39, 0.29) is 16.0 Å². The Morgan fingerprint density at radius 2 is 2.05 bits per heavy atom. The molecule has 2 bridgehead atoms. The summed E-state index contributed by atoms with van der Waals surface area (Å²) < 4.78 is 19.2. The Labute approximate surface area is 114 Å². The average molecular weight is 279 g/mol. The van der Waals surface area contributed by atoms with E-state index < -0.39 is 5.82 Å². The molecule has 98 valence electrons. The van der Waals surface area contributed by atoms with Crippen LogP contribution in [-0.4, -0.2) is 10.5 Å². The number of aromatic nitrogens is 1. The Bertz CT molecular complexity index is 662. The van der Waals surface area contributed by atoms with Gasteiger partial charge in [0.05, 0.1) is 11.2 Å². The number of benzene rings is 1. The first-order valence-corrected chi connectivity index (χ1v) is 6.58. The highest BCUT2D eigenvalue weighted by Gasteiger charge is 2.68. The fraction of sp³-hybridized carbons (Fsp3) is 0.357. The van der Waals surface area contributed by atoms with Gasteiger partial charge >= 0.3 is 0 Å². The summed E-state index contributed by atoms with van der Waals surface area (Å²) in [7, 11) is 0. The molecule has 1 aromatic heterocycles. The molecule has 3 aliphatic carbocycles. The lowest BCUT2D eigenvalue weighted by Gasteiger charge is -2.67. The van der Waals surface area contributed by atoms with Crippen LogP contribution in [0.25, 0.3) is 11.5 Å². The Morgan fingerprint density at radius 1 is 1.32 bits per heavy atom. The first kappa shape index (κ1) is 11.4. The third-order valence-electron chi connectivity index (χ3n) is 4.27. The number of oxazole rings is 1. The van der Waals surface area contributed by atoms with Gasteiger partial charge in [0.2, 0.25) is 5.89 Å². The lowest BCUT2D eigenvalue weighted by molar-refractivity contribution is -0.0726. The lowest BCUT2D eigenvalue weighted by atomic mass is 9.39. The zero-order valence-electron chi connectivity index (χ0n) is 10.1. The highest BCUT2D eigenvalue weighted by Crippen LogP contribution is 2.66. The lowest BCUT2D eigenvalue weighted by Crippen LogP contribution is -2.74. The van der Waals surface area contributed by atoms with Gasteiger partial charge in [-0.05, 0) is 37.5 Å². The van der Waals surface area contributed by atoms with Crippen LogP contribution in [-0.2, 0) is 5.41 Å². The molecule has 0 aliphatic heterocycles. The molecule has 3 saturated carbocycles. The van der Waals surface area contributed by atoms with Gasteiger partial charge in [0.25, 0.3) is 0 Å². The van der Waals surface area contributed by atoms with Crippen LogP contribution in [0.3, 0.4) is 0 Å². The fourth-order valence-electron chi connectivity index (χ4n) is 3.41. The minimum atomic E-state index is -0.467. The molecular weight excluding hydrogens is 267 g/mol. The summed E-state index contributed by atoms with van der Waals surface area (Å²) in [6.07, 6.45) is 4.62. The van der Waals surface area contributed by atoms with Crippen LogP contribution in [0.2, 0.25) is 5.02 Å². The van der Waals surface area contributed by atoms with Gasteiger partial charge in [-0.1, -0.05) is 11.6 Å². The second kappa shape index (κ2) is 3.38. The molecule has 2 N–H and O–H groups in total. The van der Waals surface area contributed by atoms with Crippen LogP contribution in [0, 0.1) is 5.82 Å². The van der Waals surface area contributed by atoms with Crippen molar-refractivity contribution in [2.24, 2.45) is 5.73 Å². The maximum Gasteiger partial charge on any atom is 0.226 e. The number of hydrogen-bond acceptors (Lipinski definition) is 3. The number of halogens is 2. The van der Waals surface area contributed by atoms with Crippen molar-refractivity contribution in [3.05, 3.63) is 41.0 Å². The molecule has 2 aromatic rings. The molecule has 3 aliphatic rings. The van der Waals surface area contributed by atoms with Crippen molar-refractivity contribution in [1.82, 2.24) is 4.98 Å². The summed E-state index contributed by atoms with van der Waals surface area (Å²) in [4.78, 5) is 4.24. The monoisotopic (exact) mass is 278 g/mol. The molecule has 5 rings (SSSR count). The summed E-state index contributed by atoms with van der Waals surface area (Å²) in [6, 6.07) is 4.55. The van der Waals surface area contributed by atoms with Crippen LogP contribution in [0.4, 0.5) is 4.39 Å². The van der Waals surface area contributed by atoms with Crippen LogP contribution >= 0.6 is 11.6 Å². The van der Waals surface area contributed by atoms with Gasteiger partial charge in [0.1, 0.15) is 11.6 Å². The quantitative estimate of drug-likeness (QED) is 0.917. The smallest absolute Gasteiger partial charge is 0.226 e. The van der Waals surface area contributed by atoms with E-state index >= 15 is 0 Å². The zero-order valence-corrected chi connectivity index (χ0v) is 10.9. The predicted octanol–water partition coefficient (Wildman–Crippen LogP) is 3.27. The summed E-state index contributed by atoms with van der Waals surface area (Å²) in [5, 5.41) is 0.0972. The molecule has 0 unspecified atom stereocenters. The van der Waals surface area contributed by atoms with E-state index in [1.54, 1.807) is 12.3 Å². The molecule has 3 fully saturated rings. The molecule has 0 radical (unpaired) electrons. The maximum absolute atomic E-state index is 13.4. The Kier molecular flexibility index (Phi) is 2.03. The van der Waals surface area contributed by atoms with Crippen molar-refractivity contribution in [3.63, 3.8) is 0 Å². The second-order valence-electron chi connectivity index (χ2n) is 5.83. The average Bonchev–Trinajstić information content (AvgIpc) is 2.77. The van der Waals surface area contributed by atoms with E-state index in [1.807, 2.05) is 0 Å². The van der Waals surface area contributed by atoms with Crippen LogP contribution in [0.5, 0.6) is 0 Å². The van der Waals surface area contributed by atoms with Crippen molar-refractivity contribution < 1.29 is 8.81 Å². The maximum atomic E-state index is 13.4. The van der Waals surface area contributed by atoms with Crippen LogP contribution in [0.1, 0.15) is 25.0 Å². The largest absolute Gasteiger partial charge is 0.441 e. The van der Waals surface area contributed by atoms with Crippen molar-refractivity contribution in [2.45, 2.75) is 30.2 Å². The van der Waals surface area contributed by atoms with Gasteiger partial charge < -0.3 is 10.2 Å².